The first-order valence-corrected chi connectivity index (χ1v) is 25.5. The summed E-state index contributed by atoms with van der Waals surface area (Å²) in [5.41, 5.74) is -0.729. The molecule has 2 aliphatic heterocycles. The standard InChI is InChI=1S/C42H66FN3O11P2S/c1-25(2)54-58(50,55-26(3)4)35(59(51,56-27(5)6)57-28(7)8)16-14-20-60-40(48)32-23-46(30-17-18-30)36-31(38(32)47)21-33(43)37(39(36)52-12)44-22-29-15-13-19-45(34(29)24-44)41(49)53-42(9,10)11/h21,23,25-30,34-35H,13-20,22,24H2,1-12H3/t29-,34+/m0/s1. The predicted octanol–water partition coefficient (Wildman–Crippen LogP) is 10.4. The van der Waals surface area contributed by atoms with Crippen LogP contribution in [0, 0.1) is 11.7 Å². The summed E-state index contributed by atoms with van der Waals surface area (Å²) in [6.07, 6.45) is 2.57. The zero-order valence-corrected chi connectivity index (χ0v) is 40.0. The Morgan fingerprint density at radius 1 is 0.900 bits per heavy atom. The number of fused-ring (bicyclic) bond motifs is 2. The second-order valence-electron chi connectivity index (χ2n) is 18.2. The molecular weight excluding hydrogens is 835 g/mol. The van der Waals surface area contributed by atoms with Crippen LogP contribution in [0.5, 0.6) is 5.75 Å². The van der Waals surface area contributed by atoms with Gasteiger partial charge in [0.05, 0.1) is 54.0 Å². The van der Waals surface area contributed by atoms with Crippen molar-refractivity contribution in [2.24, 2.45) is 5.92 Å². The summed E-state index contributed by atoms with van der Waals surface area (Å²) < 4.78 is 82.8. The number of aromatic nitrogens is 1. The van der Waals surface area contributed by atoms with Crippen LogP contribution < -0.4 is 15.1 Å². The summed E-state index contributed by atoms with van der Waals surface area (Å²) in [6, 6.07) is 1.01. The highest BCUT2D eigenvalue weighted by Gasteiger charge is 2.52. The smallest absolute Gasteiger partial charge is 0.410 e. The number of methoxy groups -OCH3 is 1. The minimum absolute atomic E-state index is 0.0106. The molecule has 18 heteroatoms. The van der Waals surface area contributed by atoms with Gasteiger partial charge in [0.15, 0.2) is 17.0 Å². The van der Waals surface area contributed by atoms with Crippen molar-refractivity contribution in [3.05, 3.63) is 33.9 Å². The molecule has 0 N–H and O–H groups in total. The number of thioether (sulfide) groups is 1. The molecule has 3 fully saturated rings. The lowest BCUT2D eigenvalue weighted by atomic mass is 9.92. The molecule has 1 saturated carbocycles. The van der Waals surface area contributed by atoms with Crippen LogP contribution in [0.2, 0.25) is 0 Å². The zero-order valence-electron chi connectivity index (χ0n) is 37.4. The molecule has 2 aromatic rings. The van der Waals surface area contributed by atoms with E-state index in [2.05, 4.69) is 0 Å². The number of hydrogen-bond donors (Lipinski definition) is 0. The second kappa shape index (κ2) is 19.5. The van der Waals surface area contributed by atoms with Crippen LogP contribution in [0.4, 0.5) is 14.9 Å². The Kier molecular flexibility index (Phi) is 15.8. The Morgan fingerprint density at radius 3 is 1.97 bits per heavy atom. The highest BCUT2D eigenvalue weighted by molar-refractivity contribution is 8.14. The van der Waals surface area contributed by atoms with Crippen LogP contribution in [0.25, 0.3) is 10.9 Å². The number of halogens is 1. The number of pyridine rings is 1. The number of ether oxygens (including phenoxy) is 2. The Bertz CT molecular complexity index is 1970. The summed E-state index contributed by atoms with van der Waals surface area (Å²) in [6.45, 7) is 20.6. The Hall–Kier alpha value is -2.45. The third kappa shape index (κ3) is 11.4. The first-order valence-electron chi connectivity index (χ1n) is 21.3. The van der Waals surface area contributed by atoms with Crippen molar-refractivity contribution in [1.29, 1.82) is 0 Å². The fourth-order valence-corrected chi connectivity index (χ4v) is 15.0. The minimum atomic E-state index is -4.13. The largest absolute Gasteiger partial charge is 0.492 e. The fraction of sp³-hybridized carbons (Fsp3) is 0.738. The van der Waals surface area contributed by atoms with Crippen molar-refractivity contribution in [1.82, 2.24) is 9.47 Å². The van der Waals surface area contributed by atoms with Crippen molar-refractivity contribution in [3.8, 4) is 5.75 Å². The SMILES string of the molecule is COc1c(N2C[C@@H]3CCCN(C(=O)OC(C)(C)C)[C@@H]3C2)c(F)cc2c(=O)c(C(=O)SCCCC(P(=O)(OC(C)C)OC(C)C)P(=O)(OC(C)C)OC(C)C)cn(C3CC3)c12. The fourth-order valence-electron chi connectivity index (χ4n) is 8.13. The maximum atomic E-state index is 16.5. The number of benzene rings is 1. The van der Waals surface area contributed by atoms with Gasteiger partial charge in [-0.3, -0.25) is 18.7 Å². The molecule has 60 heavy (non-hydrogen) atoms. The highest BCUT2D eigenvalue weighted by Crippen LogP contribution is 2.73. The van der Waals surface area contributed by atoms with Gasteiger partial charge < -0.3 is 41.9 Å². The van der Waals surface area contributed by atoms with Crippen LogP contribution in [-0.2, 0) is 32.0 Å². The zero-order chi connectivity index (χ0) is 44.5. The van der Waals surface area contributed by atoms with Gasteiger partial charge in [-0.2, -0.15) is 0 Å². The number of rotatable bonds is 18. The maximum Gasteiger partial charge on any atom is 0.410 e. The van der Waals surface area contributed by atoms with E-state index >= 15 is 4.39 Å². The summed E-state index contributed by atoms with van der Waals surface area (Å²) in [5, 5.41) is -1.76. The maximum absolute atomic E-state index is 16.5. The number of carbonyl (C=O) groups is 2. The molecule has 338 valence electrons. The van der Waals surface area contributed by atoms with Gasteiger partial charge >= 0.3 is 21.3 Å². The molecule has 14 nitrogen and oxygen atoms in total. The van der Waals surface area contributed by atoms with Crippen LogP contribution in [0.3, 0.4) is 0 Å². The number of hydrogen-bond acceptors (Lipinski definition) is 13. The van der Waals surface area contributed by atoms with Crippen molar-refractivity contribution in [2.45, 2.75) is 162 Å². The van der Waals surface area contributed by atoms with Crippen molar-refractivity contribution in [2.75, 3.05) is 37.4 Å². The number of amides is 1. The molecule has 1 aromatic heterocycles. The number of anilines is 1. The van der Waals surface area contributed by atoms with E-state index in [1.54, 1.807) is 66.5 Å². The van der Waals surface area contributed by atoms with Crippen LogP contribution >= 0.6 is 27.0 Å². The average molecular weight is 902 g/mol. The molecule has 0 spiro atoms. The Labute approximate surface area is 358 Å². The van der Waals surface area contributed by atoms with E-state index in [9.17, 15) is 23.5 Å². The molecule has 0 unspecified atom stereocenters. The lowest BCUT2D eigenvalue weighted by Gasteiger charge is -2.37. The molecule has 0 radical (unpaired) electrons. The summed E-state index contributed by atoms with van der Waals surface area (Å²) >= 11 is 0.896. The van der Waals surface area contributed by atoms with Crippen molar-refractivity contribution < 1.29 is 50.7 Å². The molecule has 2 saturated heterocycles. The van der Waals surface area contributed by atoms with Crippen LogP contribution in [-0.4, -0.2) is 94.6 Å². The first kappa shape index (κ1) is 48.6. The lowest BCUT2D eigenvalue weighted by Crippen LogP contribution is -2.50. The molecule has 1 aliphatic carbocycles. The van der Waals surface area contributed by atoms with Gasteiger partial charge in [-0.05, 0) is 127 Å². The van der Waals surface area contributed by atoms with E-state index < -0.39 is 67.0 Å². The molecule has 3 heterocycles. The predicted molar refractivity (Wildman–Crippen MR) is 235 cm³/mol. The first-order chi connectivity index (χ1) is 28.0. The number of likely N-dealkylation sites (tertiary alicyclic amines) is 1. The van der Waals surface area contributed by atoms with Gasteiger partial charge in [0, 0.05) is 37.6 Å². The number of carbonyl (C=O) groups excluding carboxylic acids is 2. The van der Waals surface area contributed by atoms with Crippen LogP contribution in [0.1, 0.15) is 131 Å². The Morgan fingerprint density at radius 2 is 1.47 bits per heavy atom. The van der Waals surface area contributed by atoms with Gasteiger partial charge in [-0.1, -0.05) is 11.8 Å². The van der Waals surface area contributed by atoms with E-state index in [-0.39, 0.29) is 65.1 Å². The molecule has 1 aromatic carbocycles. The molecule has 5 rings (SSSR count). The summed E-state index contributed by atoms with van der Waals surface area (Å²) in [4.78, 5) is 45.0. The number of piperidine rings is 1. The van der Waals surface area contributed by atoms with E-state index in [0.29, 0.717) is 25.2 Å². The second-order valence-corrected chi connectivity index (χ2v) is 23.9. The lowest BCUT2D eigenvalue weighted by molar-refractivity contribution is 0.00666. The van der Waals surface area contributed by atoms with E-state index in [1.807, 2.05) is 30.2 Å². The quantitative estimate of drug-likeness (QED) is 0.103. The molecular formula is C42H66FN3O11P2S. The average Bonchev–Trinajstić information content (AvgIpc) is 3.86. The van der Waals surface area contributed by atoms with Gasteiger partial charge in [0.25, 0.3) is 0 Å². The summed E-state index contributed by atoms with van der Waals surface area (Å²) in [7, 11) is -6.80. The summed E-state index contributed by atoms with van der Waals surface area (Å²) in [5.74, 6) is -0.184. The van der Waals surface area contributed by atoms with Gasteiger partial charge in [0.1, 0.15) is 11.3 Å². The minimum Gasteiger partial charge on any atom is -0.492 e. The monoisotopic (exact) mass is 901 g/mol. The van der Waals surface area contributed by atoms with E-state index in [0.717, 1.165) is 37.4 Å². The molecule has 0 bridgehead atoms. The van der Waals surface area contributed by atoms with E-state index in [1.165, 1.54) is 13.2 Å². The third-order valence-electron chi connectivity index (χ3n) is 10.3. The molecule has 1 amide bonds. The van der Waals surface area contributed by atoms with Gasteiger partial charge in [-0.25, -0.2) is 9.18 Å². The topological polar surface area (TPSA) is 152 Å². The number of nitrogens with zero attached hydrogens (tertiary/aromatic N) is 3. The Balaban J connectivity index is 1.43. The third-order valence-corrected chi connectivity index (χ3v) is 17.8. The van der Waals surface area contributed by atoms with E-state index in [4.69, 9.17) is 27.6 Å². The normalized spacial score (nSPS) is 19.1. The molecule has 2 atom stereocenters. The van der Waals surface area contributed by atoms with Gasteiger partial charge in [0.2, 0.25) is 10.5 Å². The molecule has 3 aliphatic rings. The van der Waals surface area contributed by atoms with Crippen molar-refractivity contribution in [3.63, 3.8) is 0 Å². The van der Waals surface area contributed by atoms with Crippen molar-refractivity contribution >= 4 is 54.8 Å². The van der Waals surface area contributed by atoms with Crippen LogP contribution in [0.15, 0.2) is 17.1 Å². The highest BCUT2D eigenvalue weighted by atomic mass is 32.2. The van der Waals surface area contributed by atoms with Gasteiger partial charge in [-0.15, -0.1) is 0 Å².